The molecule has 7 rings (SSSR count). The van der Waals surface area contributed by atoms with Crippen LogP contribution >= 0.6 is 19.1 Å². The summed E-state index contributed by atoms with van der Waals surface area (Å²) in [6, 6.07) is 0. The fraction of sp³-hybridized carbons (Fsp3) is 0.800. The second kappa shape index (κ2) is 12.3. The van der Waals surface area contributed by atoms with Gasteiger partial charge in [0.1, 0.15) is 0 Å². The fourth-order valence-electron chi connectivity index (χ4n) is 7.00. The van der Waals surface area contributed by atoms with E-state index in [-0.39, 0.29) is 15.9 Å². The zero-order chi connectivity index (χ0) is 25.9. The third kappa shape index (κ3) is 7.26. The summed E-state index contributed by atoms with van der Waals surface area (Å²) in [5, 5.41) is 9.70. The summed E-state index contributed by atoms with van der Waals surface area (Å²) in [5.41, 5.74) is 5.40. The molecule has 0 amide bonds. The Bertz CT molecular complexity index is 754. The summed E-state index contributed by atoms with van der Waals surface area (Å²) in [6.45, 7) is 22.0. The average Bonchev–Trinajstić information content (AvgIpc) is 2.74. The molecule has 7 aliphatic carbocycles. The molecule has 1 N–H and O–H groups in total. The van der Waals surface area contributed by atoms with E-state index in [1.54, 1.807) is 5.57 Å². The zero-order valence-corrected chi connectivity index (χ0v) is 26.0. The summed E-state index contributed by atoms with van der Waals surface area (Å²) in [7, 11) is 9.63. The maximum atomic E-state index is 9.70. The van der Waals surface area contributed by atoms with Crippen LogP contribution in [-0.2, 0) is 15.9 Å². The molecule has 4 bridgehead atoms. The number of allylic oxidation sites excluding steroid dienone is 5. The molecular formula is C30H50Cl2OPd. The van der Waals surface area contributed by atoms with Crippen LogP contribution in [0.1, 0.15) is 107 Å². The molecule has 0 heterocycles. The molecule has 4 unspecified atom stereocenters. The van der Waals surface area contributed by atoms with Crippen LogP contribution in [0.15, 0.2) is 35.5 Å². The summed E-state index contributed by atoms with van der Waals surface area (Å²) >= 11 is -0.106. The predicted octanol–water partition coefficient (Wildman–Crippen LogP) is 9.88. The van der Waals surface area contributed by atoms with Gasteiger partial charge in [-0.3, -0.25) is 0 Å². The Hall–Kier alpha value is 0.422. The van der Waals surface area contributed by atoms with Crippen LogP contribution < -0.4 is 0 Å². The first-order chi connectivity index (χ1) is 15.7. The summed E-state index contributed by atoms with van der Waals surface area (Å²) in [4.78, 5) is 0. The number of aliphatic hydroxyl groups is 1. The van der Waals surface area contributed by atoms with Crippen molar-refractivity contribution in [3.8, 4) is 0 Å². The minimum atomic E-state index is -0.489. The standard InChI is InChI=1S/C10H18O.2C10H16.2ClH.Pd/c1-8-4-6-9(7-5-8)10(2,3)11;2*1-7-4-5-8-6-9(7)10(8,2)3;;;/h4,9,11H,5-7H2,1-3H3;4,8-9H,5-6H2,1-3H3;8-9H,1,4-6H2,2-3H3;2*1H;/q;;;;;+2/p-2/t9-;;;;;/m0...../s1. The van der Waals surface area contributed by atoms with Gasteiger partial charge in [-0.25, -0.2) is 0 Å². The predicted molar refractivity (Wildman–Crippen MR) is 147 cm³/mol. The van der Waals surface area contributed by atoms with Gasteiger partial charge in [0.2, 0.25) is 0 Å². The molecule has 4 saturated carbocycles. The third-order valence-corrected chi connectivity index (χ3v) is 10.2. The van der Waals surface area contributed by atoms with Crippen LogP contribution in [0.3, 0.4) is 0 Å². The van der Waals surface area contributed by atoms with Crippen LogP contribution in [0.5, 0.6) is 0 Å². The van der Waals surface area contributed by atoms with E-state index in [4.69, 9.17) is 19.1 Å². The molecule has 0 aromatic carbocycles. The van der Waals surface area contributed by atoms with Crippen LogP contribution in [0.25, 0.3) is 0 Å². The van der Waals surface area contributed by atoms with E-state index in [2.05, 4.69) is 60.3 Å². The van der Waals surface area contributed by atoms with E-state index in [1.165, 1.54) is 43.3 Å². The summed E-state index contributed by atoms with van der Waals surface area (Å²) in [5.74, 6) is 4.27. The van der Waals surface area contributed by atoms with E-state index in [0.717, 1.165) is 42.9 Å². The first kappa shape index (κ1) is 30.6. The van der Waals surface area contributed by atoms with Crippen molar-refractivity contribution in [1.29, 1.82) is 0 Å². The molecule has 1 nitrogen and oxygen atoms in total. The Kier molecular flexibility index (Phi) is 11.1. The monoisotopic (exact) mass is 602 g/mol. The number of hydrogen-bond acceptors (Lipinski definition) is 1. The SMILES string of the molecule is C=C1CCC2CC1C2(C)C.CC1=CCC2CC1C2(C)C.CC1=CC[C@H](C(C)(C)O)CC1.[Cl][Pd][Cl]. The number of halogens is 2. The van der Waals surface area contributed by atoms with Crippen molar-refractivity contribution in [3.63, 3.8) is 0 Å². The van der Waals surface area contributed by atoms with Gasteiger partial charge in [-0.2, -0.15) is 0 Å². The third-order valence-electron chi connectivity index (χ3n) is 10.2. The van der Waals surface area contributed by atoms with Gasteiger partial charge >= 0.3 is 35.0 Å². The maximum absolute atomic E-state index is 9.70. The van der Waals surface area contributed by atoms with Crippen molar-refractivity contribution in [2.24, 2.45) is 40.4 Å². The molecule has 200 valence electrons. The van der Waals surface area contributed by atoms with Crippen LogP contribution in [0, 0.1) is 40.4 Å². The first-order valence-electron chi connectivity index (χ1n) is 13.2. The van der Waals surface area contributed by atoms with E-state index in [0.29, 0.717) is 16.7 Å². The van der Waals surface area contributed by atoms with Gasteiger partial charge in [0.25, 0.3) is 0 Å². The van der Waals surface area contributed by atoms with Crippen molar-refractivity contribution in [2.45, 2.75) is 112 Å². The molecule has 0 radical (unpaired) electrons. The molecule has 0 aromatic rings. The van der Waals surface area contributed by atoms with E-state index >= 15 is 0 Å². The summed E-state index contributed by atoms with van der Waals surface area (Å²) < 4.78 is 0. The fourth-order valence-corrected chi connectivity index (χ4v) is 7.00. The Morgan fingerprint density at radius 2 is 1.47 bits per heavy atom. The molecule has 4 heteroatoms. The summed E-state index contributed by atoms with van der Waals surface area (Å²) in [6.07, 6.45) is 15.0. The average molecular weight is 604 g/mol. The molecule has 0 spiro atoms. The minimum absolute atomic E-state index is 0.106. The molecule has 4 fully saturated rings. The second-order valence-electron chi connectivity index (χ2n) is 13.2. The van der Waals surface area contributed by atoms with E-state index in [1.807, 2.05) is 13.8 Å². The Labute approximate surface area is 227 Å². The molecule has 5 atom stereocenters. The van der Waals surface area contributed by atoms with Crippen LogP contribution in [0.4, 0.5) is 0 Å². The second-order valence-corrected chi connectivity index (χ2v) is 15.6. The van der Waals surface area contributed by atoms with Crippen molar-refractivity contribution in [3.05, 3.63) is 35.5 Å². The Morgan fingerprint density at radius 3 is 1.76 bits per heavy atom. The quantitative estimate of drug-likeness (QED) is 0.234. The number of fused-ring (bicyclic) bond motifs is 3. The molecule has 34 heavy (non-hydrogen) atoms. The number of hydrogen-bond donors (Lipinski definition) is 1. The van der Waals surface area contributed by atoms with Gasteiger partial charge in [-0.05, 0) is 119 Å². The van der Waals surface area contributed by atoms with Gasteiger partial charge in [0, 0.05) is 0 Å². The van der Waals surface area contributed by atoms with E-state index < -0.39 is 5.60 Å². The van der Waals surface area contributed by atoms with Crippen LogP contribution in [-0.4, -0.2) is 10.7 Å². The van der Waals surface area contributed by atoms with Crippen LogP contribution in [0.2, 0.25) is 0 Å². The van der Waals surface area contributed by atoms with Gasteiger partial charge in [-0.1, -0.05) is 63.1 Å². The zero-order valence-electron chi connectivity index (χ0n) is 22.9. The molecule has 0 saturated heterocycles. The number of rotatable bonds is 1. The topological polar surface area (TPSA) is 20.2 Å². The Balaban J connectivity index is 0.000000170. The first-order valence-corrected chi connectivity index (χ1v) is 17.2. The molecule has 0 aliphatic heterocycles. The molecular weight excluding hydrogens is 554 g/mol. The van der Waals surface area contributed by atoms with Gasteiger partial charge in [0.05, 0.1) is 5.60 Å². The normalized spacial score (nSPS) is 34.2. The van der Waals surface area contributed by atoms with Gasteiger partial charge in [0.15, 0.2) is 0 Å². The van der Waals surface area contributed by atoms with Gasteiger partial charge in [-0.15, -0.1) is 0 Å². The van der Waals surface area contributed by atoms with Crippen molar-refractivity contribution >= 4 is 19.1 Å². The molecule has 0 aromatic heterocycles. The van der Waals surface area contributed by atoms with Gasteiger partial charge < -0.3 is 5.11 Å². The van der Waals surface area contributed by atoms with E-state index in [9.17, 15) is 5.11 Å². The van der Waals surface area contributed by atoms with Crippen molar-refractivity contribution in [2.75, 3.05) is 0 Å². The van der Waals surface area contributed by atoms with Crippen molar-refractivity contribution in [1.82, 2.24) is 0 Å². The molecule has 7 aliphatic rings. The Morgan fingerprint density at radius 1 is 0.912 bits per heavy atom. The van der Waals surface area contributed by atoms with Crippen molar-refractivity contribution < 1.29 is 21.0 Å².